The highest BCUT2D eigenvalue weighted by Gasteiger charge is 2.05. The first-order valence-corrected chi connectivity index (χ1v) is 7.17. The summed E-state index contributed by atoms with van der Waals surface area (Å²) in [4.78, 5) is 0. The molecule has 2 heteroatoms. The lowest BCUT2D eigenvalue weighted by Gasteiger charge is -2.13. The summed E-state index contributed by atoms with van der Waals surface area (Å²) in [6.07, 6.45) is 4.63. The number of unbranched alkanes of at least 4 members (excludes halogenated alkanes) is 1. The average Bonchev–Trinajstić information content (AvgIpc) is 2.83. The van der Waals surface area contributed by atoms with E-state index in [0.717, 1.165) is 13.1 Å². The Morgan fingerprint density at radius 2 is 2.00 bits per heavy atom. The topological polar surface area (TPSA) is 17.0 Å². The van der Waals surface area contributed by atoms with E-state index in [2.05, 4.69) is 67.2 Å². The third kappa shape index (κ3) is 3.48. The minimum atomic E-state index is 0.931. The van der Waals surface area contributed by atoms with Crippen molar-refractivity contribution in [2.24, 2.45) is 0 Å². The molecule has 2 nitrogen and oxygen atoms in total. The van der Waals surface area contributed by atoms with Crippen LogP contribution in [-0.4, -0.2) is 11.1 Å². The van der Waals surface area contributed by atoms with Gasteiger partial charge < -0.3 is 9.88 Å². The SMILES string of the molecule is CCCCNCc1cccn1-c1ccc(C)cc1C. The highest BCUT2D eigenvalue weighted by molar-refractivity contribution is 5.44. The molecule has 0 amide bonds. The van der Waals surface area contributed by atoms with Crippen LogP contribution in [-0.2, 0) is 6.54 Å². The van der Waals surface area contributed by atoms with E-state index in [0.29, 0.717) is 0 Å². The lowest BCUT2D eigenvalue weighted by atomic mass is 10.1. The van der Waals surface area contributed by atoms with Crippen molar-refractivity contribution < 1.29 is 0 Å². The maximum Gasteiger partial charge on any atom is 0.0482 e. The molecule has 0 saturated carbocycles. The van der Waals surface area contributed by atoms with Gasteiger partial charge in [-0.1, -0.05) is 31.0 Å². The monoisotopic (exact) mass is 256 g/mol. The van der Waals surface area contributed by atoms with Crippen molar-refractivity contribution in [2.45, 2.75) is 40.2 Å². The number of nitrogens with one attached hydrogen (secondary N) is 1. The lowest BCUT2D eigenvalue weighted by Crippen LogP contribution is -2.16. The van der Waals surface area contributed by atoms with Crippen molar-refractivity contribution >= 4 is 0 Å². The maximum absolute atomic E-state index is 3.51. The predicted octanol–water partition coefficient (Wildman–Crippen LogP) is 3.98. The third-order valence-electron chi connectivity index (χ3n) is 3.46. The van der Waals surface area contributed by atoms with Gasteiger partial charge in [0.2, 0.25) is 0 Å². The predicted molar refractivity (Wildman–Crippen MR) is 81.9 cm³/mol. The van der Waals surface area contributed by atoms with Crippen molar-refractivity contribution in [3.63, 3.8) is 0 Å². The van der Waals surface area contributed by atoms with Crippen LogP contribution < -0.4 is 5.32 Å². The van der Waals surface area contributed by atoms with E-state index in [-0.39, 0.29) is 0 Å². The molecular weight excluding hydrogens is 232 g/mol. The largest absolute Gasteiger partial charge is 0.319 e. The molecule has 0 radical (unpaired) electrons. The van der Waals surface area contributed by atoms with Gasteiger partial charge in [0.1, 0.15) is 0 Å². The summed E-state index contributed by atoms with van der Waals surface area (Å²) < 4.78 is 2.29. The zero-order valence-electron chi connectivity index (χ0n) is 12.2. The first kappa shape index (κ1) is 13.9. The van der Waals surface area contributed by atoms with Crippen molar-refractivity contribution in [1.82, 2.24) is 9.88 Å². The Bertz CT molecular complexity index is 526. The molecule has 1 N–H and O–H groups in total. The second kappa shape index (κ2) is 6.58. The zero-order chi connectivity index (χ0) is 13.7. The normalized spacial score (nSPS) is 10.9. The fraction of sp³-hybridized carbons (Fsp3) is 0.412. The summed E-state index contributed by atoms with van der Waals surface area (Å²) in [5.74, 6) is 0. The fourth-order valence-corrected chi connectivity index (χ4v) is 2.39. The van der Waals surface area contributed by atoms with Crippen LogP contribution >= 0.6 is 0 Å². The van der Waals surface area contributed by atoms with E-state index in [1.807, 2.05) is 0 Å². The molecule has 1 aromatic carbocycles. The number of rotatable bonds is 6. The molecule has 19 heavy (non-hydrogen) atoms. The Labute approximate surface area is 116 Å². The second-order valence-corrected chi connectivity index (χ2v) is 5.19. The molecule has 0 aliphatic carbocycles. The zero-order valence-corrected chi connectivity index (χ0v) is 12.2. The number of aromatic nitrogens is 1. The van der Waals surface area contributed by atoms with E-state index in [1.54, 1.807) is 0 Å². The van der Waals surface area contributed by atoms with Gasteiger partial charge in [-0.15, -0.1) is 0 Å². The summed E-state index contributed by atoms with van der Waals surface area (Å²) in [5, 5.41) is 3.51. The Morgan fingerprint density at radius 1 is 1.16 bits per heavy atom. The summed E-state index contributed by atoms with van der Waals surface area (Å²) in [7, 11) is 0. The van der Waals surface area contributed by atoms with Gasteiger partial charge in [-0.3, -0.25) is 0 Å². The Morgan fingerprint density at radius 3 is 2.74 bits per heavy atom. The van der Waals surface area contributed by atoms with Gasteiger partial charge in [0.25, 0.3) is 0 Å². The molecule has 2 aromatic rings. The minimum Gasteiger partial charge on any atom is -0.319 e. The number of aryl methyl sites for hydroxylation is 2. The van der Waals surface area contributed by atoms with Crippen molar-refractivity contribution in [2.75, 3.05) is 6.54 Å². The van der Waals surface area contributed by atoms with E-state index in [1.165, 1.54) is 35.3 Å². The number of hydrogen-bond acceptors (Lipinski definition) is 1. The molecule has 0 saturated heterocycles. The van der Waals surface area contributed by atoms with Crippen LogP contribution in [0.2, 0.25) is 0 Å². The van der Waals surface area contributed by atoms with Crippen molar-refractivity contribution in [3.8, 4) is 5.69 Å². The van der Waals surface area contributed by atoms with Gasteiger partial charge in [-0.05, 0) is 50.6 Å². The summed E-state index contributed by atoms with van der Waals surface area (Å²) >= 11 is 0. The molecule has 0 spiro atoms. The summed E-state index contributed by atoms with van der Waals surface area (Å²) in [6, 6.07) is 10.9. The number of hydrogen-bond donors (Lipinski definition) is 1. The summed E-state index contributed by atoms with van der Waals surface area (Å²) in [6.45, 7) is 8.56. The molecule has 102 valence electrons. The maximum atomic E-state index is 3.51. The highest BCUT2D eigenvalue weighted by atomic mass is 15.0. The quantitative estimate of drug-likeness (QED) is 0.773. The molecule has 0 atom stereocenters. The van der Waals surface area contributed by atoms with Crippen molar-refractivity contribution in [3.05, 3.63) is 53.3 Å². The average molecular weight is 256 g/mol. The Hall–Kier alpha value is -1.54. The first-order chi connectivity index (χ1) is 9.22. The lowest BCUT2D eigenvalue weighted by molar-refractivity contribution is 0.627. The number of nitrogens with zero attached hydrogens (tertiary/aromatic N) is 1. The summed E-state index contributed by atoms with van der Waals surface area (Å²) in [5.41, 5.74) is 5.24. The Balaban J connectivity index is 2.14. The minimum absolute atomic E-state index is 0.931. The van der Waals surface area contributed by atoms with Crippen molar-refractivity contribution in [1.29, 1.82) is 0 Å². The molecule has 0 bridgehead atoms. The molecule has 0 unspecified atom stereocenters. The van der Waals surface area contributed by atoms with Crippen LogP contribution in [0.15, 0.2) is 36.5 Å². The van der Waals surface area contributed by atoms with Crippen LogP contribution in [0.3, 0.4) is 0 Å². The molecule has 1 heterocycles. The highest BCUT2D eigenvalue weighted by Crippen LogP contribution is 2.18. The third-order valence-corrected chi connectivity index (χ3v) is 3.46. The Kier molecular flexibility index (Phi) is 4.80. The van der Waals surface area contributed by atoms with Gasteiger partial charge in [-0.2, -0.15) is 0 Å². The van der Waals surface area contributed by atoms with Gasteiger partial charge in [0.05, 0.1) is 0 Å². The molecular formula is C17H24N2. The van der Waals surface area contributed by atoms with E-state index in [4.69, 9.17) is 0 Å². The standard InChI is InChI=1S/C17H24N2/c1-4-5-10-18-13-16-7-6-11-19(16)17-9-8-14(2)12-15(17)3/h6-9,11-12,18H,4-5,10,13H2,1-3H3. The van der Waals surface area contributed by atoms with Gasteiger partial charge >= 0.3 is 0 Å². The van der Waals surface area contributed by atoms with E-state index < -0.39 is 0 Å². The molecule has 0 fully saturated rings. The molecule has 1 aromatic heterocycles. The fourth-order valence-electron chi connectivity index (χ4n) is 2.39. The second-order valence-electron chi connectivity index (χ2n) is 5.19. The van der Waals surface area contributed by atoms with Gasteiger partial charge in [0, 0.05) is 24.1 Å². The molecule has 2 rings (SSSR count). The van der Waals surface area contributed by atoms with Crippen LogP contribution in [0.4, 0.5) is 0 Å². The van der Waals surface area contributed by atoms with Crippen LogP contribution in [0, 0.1) is 13.8 Å². The molecule has 0 aliphatic heterocycles. The van der Waals surface area contributed by atoms with E-state index in [9.17, 15) is 0 Å². The van der Waals surface area contributed by atoms with Gasteiger partial charge in [-0.25, -0.2) is 0 Å². The number of benzene rings is 1. The van der Waals surface area contributed by atoms with E-state index >= 15 is 0 Å². The van der Waals surface area contributed by atoms with Crippen LogP contribution in [0.25, 0.3) is 5.69 Å². The molecule has 0 aliphatic rings. The first-order valence-electron chi connectivity index (χ1n) is 7.17. The smallest absolute Gasteiger partial charge is 0.0482 e. The van der Waals surface area contributed by atoms with Gasteiger partial charge in [0.15, 0.2) is 0 Å². The van der Waals surface area contributed by atoms with Crippen LogP contribution in [0.5, 0.6) is 0 Å². The van der Waals surface area contributed by atoms with Crippen LogP contribution in [0.1, 0.15) is 36.6 Å².